The molecule has 0 fully saturated rings. The van der Waals surface area contributed by atoms with E-state index in [0.29, 0.717) is 12.0 Å². The summed E-state index contributed by atoms with van der Waals surface area (Å²) in [5, 5.41) is -0.393. The van der Waals surface area contributed by atoms with E-state index in [4.69, 9.17) is 4.74 Å². The molecule has 2 aromatic carbocycles. The van der Waals surface area contributed by atoms with Gasteiger partial charge in [0.1, 0.15) is 5.60 Å². The second kappa shape index (κ2) is 7.67. The molecule has 0 radical (unpaired) electrons. The topological polar surface area (TPSA) is 79.5 Å². The average Bonchev–Trinajstić information content (AvgIpc) is 3.03. The lowest BCUT2D eigenvalue weighted by Crippen LogP contribution is -2.45. The molecule has 0 aliphatic carbocycles. The summed E-state index contributed by atoms with van der Waals surface area (Å²) >= 11 is 3.47. The Morgan fingerprint density at radius 1 is 1.19 bits per heavy atom. The Morgan fingerprint density at radius 2 is 1.94 bits per heavy atom. The molecular formula is C23H25BrN2O4S. The number of benzene rings is 2. The molecule has 2 heterocycles. The van der Waals surface area contributed by atoms with Crippen LogP contribution in [0.3, 0.4) is 0 Å². The number of aromatic amines is 1. The minimum Gasteiger partial charge on any atom is -0.444 e. The fraction of sp³-hybridized carbons (Fsp3) is 0.348. The molecule has 0 saturated carbocycles. The van der Waals surface area contributed by atoms with Crippen LogP contribution in [0.1, 0.15) is 43.0 Å². The van der Waals surface area contributed by atoms with Crippen molar-refractivity contribution < 1.29 is 17.9 Å². The van der Waals surface area contributed by atoms with E-state index < -0.39 is 26.9 Å². The zero-order valence-electron chi connectivity index (χ0n) is 17.9. The molecule has 1 N–H and O–H groups in total. The Bertz CT molecular complexity index is 1270. The van der Waals surface area contributed by atoms with Crippen molar-refractivity contribution in [3.63, 3.8) is 0 Å². The van der Waals surface area contributed by atoms with E-state index in [9.17, 15) is 13.2 Å². The summed E-state index contributed by atoms with van der Waals surface area (Å²) in [6, 6.07) is 12.5. The molecule has 0 saturated heterocycles. The third-order valence-electron chi connectivity index (χ3n) is 5.26. The first-order chi connectivity index (χ1) is 14.5. The lowest BCUT2D eigenvalue weighted by atomic mass is 10.0. The molecule has 6 nitrogen and oxygen atoms in total. The van der Waals surface area contributed by atoms with Gasteiger partial charge in [-0.05, 0) is 57.5 Å². The Labute approximate surface area is 190 Å². The first-order valence-corrected chi connectivity index (χ1v) is 12.4. The van der Waals surface area contributed by atoms with E-state index in [-0.39, 0.29) is 11.4 Å². The Kier molecular flexibility index (Phi) is 5.42. The Balaban J connectivity index is 1.93. The first kappa shape index (κ1) is 21.9. The second-order valence-electron chi connectivity index (χ2n) is 8.84. The van der Waals surface area contributed by atoms with Crippen molar-refractivity contribution >= 4 is 42.8 Å². The third kappa shape index (κ3) is 4.11. The van der Waals surface area contributed by atoms with Gasteiger partial charge in [0.2, 0.25) is 9.84 Å². The normalized spacial score (nSPS) is 16.9. The third-order valence-corrected chi connectivity index (χ3v) is 7.74. The minimum atomic E-state index is -3.93. The van der Waals surface area contributed by atoms with Crippen molar-refractivity contribution in [3.05, 3.63) is 63.8 Å². The quantitative estimate of drug-likeness (QED) is 0.499. The molecule has 1 aromatic heterocycles. The summed E-state index contributed by atoms with van der Waals surface area (Å²) in [6.07, 6.45) is -0.119. The number of fused-ring (bicyclic) bond motifs is 3. The van der Waals surface area contributed by atoms with Crippen LogP contribution in [0.5, 0.6) is 0 Å². The number of sulfone groups is 1. The van der Waals surface area contributed by atoms with Gasteiger partial charge >= 0.3 is 6.09 Å². The largest absolute Gasteiger partial charge is 0.444 e. The van der Waals surface area contributed by atoms with E-state index in [1.165, 1.54) is 4.90 Å². The van der Waals surface area contributed by atoms with Gasteiger partial charge in [0, 0.05) is 39.6 Å². The molecule has 4 rings (SSSR count). The predicted octanol–water partition coefficient (Wildman–Crippen LogP) is 5.50. The fourth-order valence-corrected chi connectivity index (χ4v) is 6.33. The number of aryl methyl sites for hydroxylation is 1. The molecule has 1 aliphatic rings. The maximum Gasteiger partial charge on any atom is 0.411 e. The van der Waals surface area contributed by atoms with Crippen LogP contribution in [-0.2, 0) is 21.0 Å². The number of aromatic nitrogens is 1. The van der Waals surface area contributed by atoms with Crippen LogP contribution < -0.4 is 0 Å². The van der Waals surface area contributed by atoms with E-state index in [1.807, 2.05) is 31.2 Å². The van der Waals surface area contributed by atoms with E-state index in [1.54, 1.807) is 39.0 Å². The highest BCUT2D eigenvalue weighted by Crippen LogP contribution is 2.42. The maximum atomic E-state index is 13.9. The molecule has 0 bridgehead atoms. The lowest BCUT2D eigenvalue weighted by molar-refractivity contribution is 0.0209. The molecule has 0 spiro atoms. The number of carbonyl (C=O) groups is 1. The van der Waals surface area contributed by atoms with Crippen LogP contribution in [0.4, 0.5) is 4.79 Å². The lowest BCUT2D eigenvalue weighted by Gasteiger charge is -2.36. The van der Waals surface area contributed by atoms with Gasteiger partial charge in [-0.2, -0.15) is 0 Å². The van der Waals surface area contributed by atoms with Crippen LogP contribution in [-0.4, -0.2) is 36.5 Å². The van der Waals surface area contributed by atoms with Crippen molar-refractivity contribution in [2.45, 2.75) is 50.0 Å². The van der Waals surface area contributed by atoms with Crippen LogP contribution in [0.25, 0.3) is 10.9 Å². The van der Waals surface area contributed by atoms with Gasteiger partial charge in [0.05, 0.1) is 4.90 Å². The number of hydrogen-bond acceptors (Lipinski definition) is 4. The zero-order valence-corrected chi connectivity index (χ0v) is 20.3. The molecule has 1 amide bonds. The van der Waals surface area contributed by atoms with Crippen molar-refractivity contribution in [3.8, 4) is 0 Å². The van der Waals surface area contributed by atoms with Crippen molar-refractivity contribution in [2.24, 2.45) is 0 Å². The minimum absolute atomic E-state index is 0.186. The molecule has 1 aliphatic heterocycles. The number of nitrogens with one attached hydrogen (secondary N) is 1. The number of nitrogens with zero attached hydrogens (tertiary/aromatic N) is 1. The van der Waals surface area contributed by atoms with E-state index >= 15 is 0 Å². The molecule has 8 heteroatoms. The summed E-state index contributed by atoms with van der Waals surface area (Å²) in [6.45, 7) is 7.40. The number of halogens is 1. The highest BCUT2D eigenvalue weighted by atomic mass is 79.9. The monoisotopic (exact) mass is 504 g/mol. The summed E-state index contributed by atoms with van der Waals surface area (Å²) in [4.78, 5) is 18.0. The summed E-state index contributed by atoms with van der Waals surface area (Å²) in [5.74, 6) is 0. The van der Waals surface area contributed by atoms with E-state index in [0.717, 1.165) is 26.6 Å². The standard InChI is InChI=1S/C23H25BrN2O4S/c1-14-6-5-7-16(12-14)31(28,29)21-20-17-9-8-15(24)13-19(17)25-18(20)10-11-26(21)22(27)30-23(2,3)4/h5-9,12-13,21,25H,10-11H2,1-4H3. The molecule has 3 aromatic rings. The second-order valence-corrected chi connectivity index (χ2v) is 11.8. The SMILES string of the molecule is Cc1cccc(S(=O)(=O)C2c3c([nH]c4cc(Br)ccc34)CCN2C(=O)OC(C)(C)C)c1. The average molecular weight is 505 g/mol. The van der Waals surface area contributed by atoms with Crippen molar-refractivity contribution in [1.82, 2.24) is 9.88 Å². The number of carbonyl (C=O) groups excluding carboxylic acids is 1. The first-order valence-electron chi connectivity index (χ1n) is 10.1. The maximum absolute atomic E-state index is 13.9. The number of rotatable bonds is 2. The Hall–Kier alpha value is -2.32. The van der Waals surface area contributed by atoms with Crippen LogP contribution >= 0.6 is 15.9 Å². The highest BCUT2D eigenvalue weighted by molar-refractivity contribution is 9.10. The Morgan fingerprint density at radius 3 is 2.61 bits per heavy atom. The van der Waals surface area contributed by atoms with E-state index in [2.05, 4.69) is 20.9 Å². The van der Waals surface area contributed by atoms with Crippen molar-refractivity contribution in [2.75, 3.05) is 6.54 Å². The van der Waals surface area contributed by atoms with Gasteiger partial charge in [0.25, 0.3) is 0 Å². The molecule has 1 unspecified atom stereocenters. The van der Waals surface area contributed by atoms with Gasteiger partial charge in [-0.25, -0.2) is 13.2 Å². The van der Waals surface area contributed by atoms with Gasteiger partial charge < -0.3 is 9.72 Å². The van der Waals surface area contributed by atoms with Gasteiger partial charge in [-0.1, -0.05) is 34.1 Å². The fourth-order valence-electron chi connectivity index (χ4n) is 3.98. The summed E-state index contributed by atoms with van der Waals surface area (Å²) in [5.41, 5.74) is 2.37. The van der Waals surface area contributed by atoms with Crippen LogP contribution in [0.2, 0.25) is 0 Å². The van der Waals surface area contributed by atoms with Gasteiger partial charge in [0.15, 0.2) is 5.37 Å². The van der Waals surface area contributed by atoms with Crippen LogP contribution in [0, 0.1) is 6.92 Å². The number of amides is 1. The number of ether oxygens (including phenoxy) is 1. The predicted molar refractivity (Wildman–Crippen MR) is 124 cm³/mol. The van der Waals surface area contributed by atoms with Gasteiger partial charge in [-0.3, -0.25) is 4.90 Å². The van der Waals surface area contributed by atoms with Gasteiger partial charge in [-0.15, -0.1) is 0 Å². The summed E-state index contributed by atoms with van der Waals surface area (Å²) in [7, 11) is -3.93. The summed E-state index contributed by atoms with van der Waals surface area (Å²) < 4.78 is 34.3. The zero-order chi connectivity index (χ0) is 22.6. The molecule has 164 valence electrons. The highest BCUT2D eigenvalue weighted by Gasteiger charge is 2.44. The van der Waals surface area contributed by atoms with Crippen molar-refractivity contribution in [1.29, 1.82) is 0 Å². The number of H-pyrrole nitrogens is 1. The molecule has 31 heavy (non-hydrogen) atoms. The molecule has 1 atom stereocenters. The van der Waals surface area contributed by atoms with Crippen LogP contribution in [0.15, 0.2) is 51.8 Å². The number of hydrogen-bond donors (Lipinski definition) is 1. The smallest absolute Gasteiger partial charge is 0.411 e. The molecular weight excluding hydrogens is 480 g/mol.